The van der Waals surface area contributed by atoms with Crippen molar-refractivity contribution in [3.63, 3.8) is 0 Å². The van der Waals surface area contributed by atoms with Gasteiger partial charge in [0.2, 0.25) is 0 Å². The van der Waals surface area contributed by atoms with Crippen molar-refractivity contribution in [1.29, 1.82) is 0 Å². The summed E-state index contributed by atoms with van der Waals surface area (Å²) >= 11 is 0. The number of aryl methyl sites for hydroxylation is 1. The van der Waals surface area contributed by atoms with Gasteiger partial charge in [0.25, 0.3) is 5.91 Å². The van der Waals surface area contributed by atoms with Crippen molar-refractivity contribution in [3.8, 4) is 0 Å². The molecule has 2 atom stereocenters. The first kappa shape index (κ1) is 14.9. The number of hydrogen-bond donors (Lipinski definition) is 2. The van der Waals surface area contributed by atoms with Gasteiger partial charge in [0, 0.05) is 5.69 Å². The first-order chi connectivity index (χ1) is 9.44. The Morgan fingerprint density at radius 1 is 1.40 bits per heavy atom. The molecule has 110 valence electrons. The molecule has 1 saturated heterocycles. The monoisotopic (exact) mass is 281 g/mol. The average molecular weight is 281 g/mol. The first-order valence-electron chi connectivity index (χ1n) is 6.99. The average Bonchev–Trinajstić information content (AvgIpc) is 2.32. The van der Waals surface area contributed by atoms with Crippen LogP contribution in [0.25, 0.3) is 0 Å². The number of anilines is 1. The number of carbonyl (C=O) groups excluding carboxylic acids is 1. The molecule has 2 N–H and O–H groups in total. The van der Waals surface area contributed by atoms with Crippen LogP contribution in [0.3, 0.4) is 0 Å². The molecular weight excluding hydrogens is 259 g/mol. The van der Waals surface area contributed by atoms with Gasteiger partial charge < -0.3 is 15.0 Å². The third-order valence-corrected chi connectivity index (χ3v) is 3.48. The highest BCUT2D eigenvalue weighted by molar-refractivity contribution is 5.91. The Morgan fingerprint density at radius 3 is 2.65 bits per heavy atom. The van der Waals surface area contributed by atoms with Crippen LogP contribution in [0.1, 0.15) is 19.4 Å². The maximum absolute atomic E-state index is 13.4. The van der Waals surface area contributed by atoms with Gasteiger partial charge >= 0.3 is 0 Å². The summed E-state index contributed by atoms with van der Waals surface area (Å²) in [6.07, 6.45) is 0.330. The summed E-state index contributed by atoms with van der Waals surface area (Å²) in [5.74, 6) is -0.395. The molecule has 5 heteroatoms. The maximum Gasteiger partial charge on any atom is 0.279 e. The Balaban J connectivity index is 1.90. The fourth-order valence-electron chi connectivity index (χ4n) is 2.64. The van der Waals surface area contributed by atoms with Gasteiger partial charge in [-0.1, -0.05) is 6.07 Å². The van der Waals surface area contributed by atoms with E-state index in [0.29, 0.717) is 17.8 Å². The lowest BCUT2D eigenvalue weighted by atomic mass is 10.2. The SMILES string of the molecule is Cc1ccc(NC(=O)C[NH+]2C[C@H](C)O[C@@H](C)C2)cc1F. The summed E-state index contributed by atoms with van der Waals surface area (Å²) in [7, 11) is 0. The number of halogens is 1. The predicted octanol–water partition coefficient (Wildman–Crippen LogP) is 0.765. The second-order valence-electron chi connectivity index (χ2n) is 5.60. The van der Waals surface area contributed by atoms with Crippen LogP contribution in [0.2, 0.25) is 0 Å². The topological polar surface area (TPSA) is 42.8 Å². The summed E-state index contributed by atoms with van der Waals surface area (Å²) in [4.78, 5) is 13.2. The molecule has 0 aromatic heterocycles. The molecule has 1 fully saturated rings. The van der Waals surface area contributed by atoms with Crippen LogP contribution in [0.15, 0.2) is 18.2 Å². The van der Waals surface area contributed by atoms with Crippen molar-refractivity contribution in [3.05, 3.63) is 29.6 Å². The molecule has 1 amide bonds. The molecule has 0 bridgehead atoms. The van der Waals surface area contributed by atoms with E-state index in [9.17, 15) is 9.18 Å². The van der Waals surface area contributed by atoms with E-state index in [0.717, 1.165) is 13.1 Å². The molecular formula is C15H22FN2O2+. The van der Waals surface area contributed by atoms with E-state index in [2.05, 4.69) is 5.32 Å². The molecule has 0 aliphatic carbocycles. The van der Waals surface area contributed by atoms with Crippen LogP contribution in [-0.4, -0.2) is 37.7 Å². The molecule has 4 nitrogen and oxygen atoms in total. The van der Waals surface area contributed by atoms with E-state index >= 15 is 0 Å². The summed E-state index contributed by atoms with van der Waals surface area (Å²) in [5, 5.41) is 2.75. The second-order valence-corrected chi connectivity index (χ2v) is 5.60. The quantitative estimate of drug-likeness (QED) is 0.859. The zero-order valence-corrected chi connectivity index (χ0v) is 12.2. The van der Waals surface area contributed by atoms with Crippen molar-refractivity contribution in [2.24, 2.45) is 0 Å². The van der Waals surface area contributed by atoms with Gasteiger partial charge in [0.15, 0.2) is 6.54 Å². The van der Waals surface area contributed by atoms with Gasteiger partial charge in [-0.15, -0.1) is 0 Å². The molecule has 2 rings (SSSR count). The maximum atomic E-state index is 13.4. The molecule has 1 aliphatic rings. The van der Waals surface area contributed by atoms with Crippen molar-refractivity contribution >= 4 is 11.6 Å². The minimum atomic E-state index is -0.302. The highest BCUT2D eigenvalue weighted by Gasteiger charge is 2.27. The van der Waals surface area contributed by atoms with E-state index in [4.69, 9.17) is 4.74 Å². The van der Waals surface area contributed by atoms with Crippen molar-refractivity contribution < 1.29 is 18.8 Å². The number of ether oxygens (including phenoxy) is 1. The van der Waals surface area contributed by atoms with Crippen LogP contribution in [0, 0.1) is 12.7 Å². The number of carbonyl (C=O) groups is 1. The fraction of sp³-hybridized carbons (Fsp3) is 0.533. The minimum absolute atomic E-state index is 0.0930. The van der Waals surface area contributed by atoms with Gasteiger partial charge in [-0.3, -0.25) is 4.79 Å². The van der Waals surface area contributed by atoms with E-state index in [1.165, 1.54) is 11.0 Å². The number of morpholine rings is 1. The third kappa shape index (κ3) is 4.02. The smallest absolute Gasteiger partial charge is 0.279 e. The summed E-state index contributed by atoms with van der Waals surface area (Å²) in [5.41, 5.74) is 1.08. The molecule has 1 aliphatic heterocycles. The van der Waals surface area contributed by atoms with Gasteiger partial charge in [-0.2, -0.15) is 0 Å². The summed E-state index contributed by atoms with van der Waals surface area (Å²) < 4.78 is 19.1. The normalized spacial score (nSPS) is 26.3. The lowest BCUT2D eigenvalue weighted by Crippen LogP contribution is -3.16. The van der Waals surface area contributed by atoms with Crippen molar-refractivity contribution in [2.45, 2.75) is 33.0 Å². The fourth-order valence-corrected chi connectivity index (χ4v) is 2.64. The zero-order valence-electron chi connectivity index (χ0n) is 12.2. The minimum Gasteiger partial charge on any atom is -0.364 e. The van der Waals surface area contributed by atoms with E-state index in [1.54, 1.807) is 19.1 Å². The Hall–Kier alpha value is -1.46. The van der Waals surface area contributed by atoms with Crippen molar-refractivity contribution in [1.82, 2.24) is 0 Å². The van der Waals surface area contributed by atoms with E-state index in [1.807, 2.05) is 13.8 Å². The summed E-state index contributed by atoms with van der Waals surface area (Å²) in [6.45, 7) is 7.75. The molecule has 0 spiro atoms. The number of benzene rings is 1. The standard InChI is InChI=1S/C15H21FN2O2/c1-10-4-5-13(6-14(10)16)17-15(19)9-18-7-11(2)20-12(3)8-18/h4-6,11-12H,7-9H2,1-3H3,(H,17,19)/p+1/t11-,12-/m0/s1. The Kier molecular flexibility index (Phi) is 4.73. The van der Waals surface area contributed by atoms with E-state index in [-0.39, 0.29) is 23.9 Å². The second kappa shape index (κ2) is 6.33. The van der Waals surface area contributed by atoms with Crippen LogP contribution < -0.4 is 10.2 Å². The Bertz CT molecular complexity index is 483. The van der Waals surface area contributed by atoms with Gasteiger partial charge in [0.05, 0.1) is 0 Å². The van der Waals surface area contributed by atoms with Gasteiger partial charge in [0.1, 0.15) is 31.1 Å². The Labute approximate surface area is 118 Å². The molecule has 1 heterocycles. The number of rotatable bonds is 3. The lowest BCUT2D eigenvalue weighted by Gasteiger charge is -2.31. The molecule has 20 heavy (non-hydrogen) atoms. The molecule has 0 radical (unpaired) electrons. The van der Waals surface area contributed by atoms with Crippen LogP contribution in [0.5, 0.6) is 0 Å². The highest BCUT2D eigenvalue weighted by Crippen LogP contribution is 2.13. The lowest BCUT2D eigenvalue weighted by molar-refractivity contribution is -0.907. The summed E-state index contributed by atoms with van der Waals surface area (Å²) in [6, 6.07) is 4.74. The predicted molar refractivity (Wildman–Crippen MR) is 75.3 cm³/mol. The van der Waals surface area contributed by atoms with Crippen molar-refractivity contribution in [2.75, 3.05) is 25.0 Å². The van der Waals surface area contributed by atoms with Gasteiger partial charge in [-0.05, 0) is 38.5 Å². The molecule has 1 aromatic carbocycles. The molecule has 1 aromatic rings. The number of nitrogens with one attached hydrogen (secondary N) is 2. The highest BCUT2D eigenvalue weighted by atomic mass is 19.1. The Morgan fingerprint density at radius 2 is 2.05 bits per heavy atom. The van der Waals surface area contributed by atoms with Gasteiger partial charge in [-0.25, -0.2) is 4.39 Å². The number of quaternary nitrogens is 1. The number of amides is 1. The largest absolute Gasteiger partial charge is 0.364 e. The third-order valence-electron chi connectivity index (χ3n) is 3.48. The van der Waals surface area contributed by atoms with E-state index < -0.39 is 0 Å². The molecule has 0 saturated carbocycles. The zero-order chi connectivity index (χ0) is 14.7. The number of hydrogen-bond acceptors (Lipinski definition) is 2. The van der Waals surface area contributed by atoms with Crippen LogP contribution in [0.4, 0.5) is 10.1 Å². The first-order valence-corrected chi connectivity index (χ1v) is 6.99. The van der Waals surface area contributed by atoms with Crippen LogP contribution in [-0.2, 0) is 9.53 Å². The molecule has 0 unspecified atom stereocenters. The van der Waals surface area contributed by atoms with Crippen LogP contribution >= 0.6 is 0 Å².